The number of amides is 6. The highest BCUT2D eigenvalue weighted by molar-refractivity contribution is 6.09. The van der Waals surface area contributed by atoms with E-state index in [1.165, 1.54) is 39.7 Å². The number of likely N-dealkylation sites (tertiary alicyclic amines) is 1. The molecule has 3 aromatic rings. The third-order valence-corrected chi connectivity index (χ3v) is 7.47. The number of urea groups is 1. The fourth-order valence-corrected chi connectivity index (χ4v) is 5.13. The lowest BCUT2D eigenvalue weighted by Crippen LogP contribution is -2.70. The molecule has 6 amide bonds. The van der Waals surface area contributed by atoms with Crippen LogP contribution in [0.15, 0.2) is 60.8 Å². The van der Waals surface area contributed by atoms with Crippen molar-refractivity contribution in [3.05, 3.63) is 77.5 Å². The molecule has 0 aliphatic carbocycles. The zero-order valence-electron chi connectivity index (χ0n) is 25.4. The van der Waals surface area contributed by atoms with Gasteiger partial charge in [0.1, 0.15) is 29.1 Å². The Morgan fingerprint density at radius 1 is 0.957 bits per heavy atom. The monoisotopic (exact) mass is 635 g/mol. The molecular weight excluding hydrogens is 602 g/mol. The van der Waals surface area contributed by atoms with Gasteiger partial charge in [0, 0.05) is 18.3 Å². The van der Waals surface area contributed by atoms with E-state index < -0.39 is 53.9 Å². The lowest BCUT2D eigenvalue weighted by Gasteiger charge is -2.44. The Bertz CT molecular complexity index is 1590. The van der Waals surface area contributed by atoms with E-state index in [-0.39, 0.29) is 17.9 Å². The normalized spacial score (nSPS) is 16.0. The summed E-state index contributed by atoms with van der Waals surface area (Å²) >= 11 is 0. The maximum absolute atomic E-state index is 13.7. The highest BCUT2D eigenvalue weighted by Gasteiger charge is 2.54. The first-order valence-corrected chi connectivity index (χ1v) is 14.0. The number of nitrogens with one attached hydrogen (secondary N) is 2. The molecule has 4 N–H and O–H groups in total. The quantitative estimate of drug-likeness (QED) is 0.225. The first-order chi connectivity index (χ1) is 22.0. The van der Waals surface area contributed by atoms with E-state index in [1.54, 1.807) is 31.2 Å². The van der Waals surface area contributed by atoms with Crippen LogP contribution in [0.5, 0.6) is 17.2 Å². The van der Waals surface area contributed by atoms with Crippen molar-refractivity contribution in [3.8, 4) is 17.2 Å². The van der Waals surface area contributed by atoms with E-state index in [2.05, 4.69) is 15.6 Å². The van der Waals surface area contributed by atoms with Crippen LogP contribution in [0.4, 0.5) is 20.2 Å². The van der Waals surface area contributed by atoms with Crippen molar-refractivity contribution in [3.63, 3.8) is 0 Å². The third-order valence-electron chi connectivity index (χ3n) is 7.47. The number of pyridine rings is 1. The van der Waals surface area contributed by atoms with Gasteiger partial charge in [0.2, 0.25) is 11.8 Å². The number of benzene rings is 2. The van der Waals surface area contributed by atoms with Gasteiger partial charge in [-0.3, -0.25) is 14.5 Å². The van der Waals surface area contributed by atoms with Gasteiger partial charge in [-0.25, -0.2) is 19.4 Å². The highest BCUT2D eigenvalue weighted by Crippen LogP contribution is 2.35. The molecule has 242 valence electrons. The second kappa shape index (κ2) is 14.3. The van der Waals surface area contributed by atoms with Crippen molar-refractivity contribution in [2.24, 2.45) is 5.92 Å². The highest BCUT2D eigenvalue weighted by atomic mass is 16.5. The Morgan fingerprint density at radius 2 is 1.59 bits per heavy atom. The maximum atomic E-state index is 13.7. The summed E-state index contributed by atoms with van der Waals surface area (Å²) in [6.45, 7) is 1.65. The van der Waals surface area contributed by atoms with Gasteiger partial charge in [0.15, 0.2) is 0 Å². The predicted molar refractivity (Wildman–Crippen MR) is 162 cm³/mol. The topological polar surface area (TPSA) is 197 Å². The molecule has 1 saturated heterocycles. The van der Waals surface area contributed by atoms with Gasteiger partial charge >= 0.3 is 18.2 Å². The Morgan fingerprint density at radius 3 is 2.15 bits per heavy atom. The van der Waals surface area contributed by atoms with Crippen molar-refractivity contribution in [2.45, 2.75) is 32.0 Å². The minimum absolute atomic E-state index is 0.0244. The molecule has 1 aliphatic rings. The summed E-state index contributed by atoms with van der Waals surface area (Å²) in [4.78, 5) is 68.2. The van der Waals surface area contributed by atoms with Crippen molar-refractivity contribution in [1.82, 2.24) is 20.5 Å². The number of methoxy groups -OCH3 is 3. The largest absolute Gasteiger partial charge is 0.496 e. The third kappa shape index (κ3) is 6.93. The molecule has 1 aliphatic heterocycles. The molecule has 0 spiro atoms. The van der Waals surface area contributed by atoms with Gasteiger partial charge in [0.25, 0.3) is 0 Å². The summed E-state index contributed by atoms with van der Waals surface area (Å²) in [6.07, 6.45) is -2.47. The maximum Gasteiger partial charge on any atom is 0.422 e. The molecule has 0 bridgehead atoms. The number of hydrogen-bond acceptors (Lipinski definition) is 9. The van der Waals surface area contributed by atoms with Crippen LogP contribution in [-0.2, 0) is 22.6 Å². The number of β-lactam (4-membered cyclic amide) rings is 1. The standard InChI is InChI=1S/C31H33N5O10/c1-17(19-8-6-5-7-9-19)34-29(39)36-26(27(37)33-16-22-23(45-3)14-20(44-2)15-24(22)46-4)21(28(36)38)12-18-10-11-32-25(13-18)35(30(40)41)31(42)43/h5-11,13-15,17,21,26H,12,16H2,1-4H3,(H,33,37)(H,34,39)(H,40,41)(H,42,43)/t17?,21-,26+/m1/s1. The summed E-state index contributed by atoms with van der Waals surface area (Å²) in [5.41, 5.74) is 1.59. The summed E-state index contributed by atoms with van der Waals surface area (Å²) < 4.78 is 16.2. The number of anilines is 1. The lowest BCUT2D eigenvalue weighted by atomic mass is 9.82. The lowest BCUT2D eigenvalue weighted by molar-refractivity contribution is -0.157. The number of aromatic nitrogens is 1. The molecule has 0 radical (unpaired) electrons. The van der Waals surface area contributed by atoms with Crippen LogP contribution in [0, 0.1) is 5.92 Å². The van der Waals surface area contributed by atoms with Crippen LogP contribution in [0.3, 0.4) is 0 Å². The number of rotatable bonds is 11. The van der Waals surface area contributed by atoms with E-state index in [9.17, 15) is 34.2 Å². The second-order valence-corrected chi connectivity index (χ2v) is 10.2. The average Bonchev–Trinajstić information content (AvgIpc) is 3.04. The van der Waals surface area contributed by atoms with Crippen LogP contribution < -0.4 is 29.7 Å². The zero-order valence-corrected chi connectivity index (χ0v) is 25.4. The van der Waals surface area contributed by atoms with Gasteiger partial charge in [-0.2, -0.15) is 4.90 Å². The molecule has 3 atom stereocenters. The Balaban J connectivity index is 1.61. The fourth-order valence-electron chi connectivity index (χ4n) is 5.13. The molecule has 1 unspecified atom stereocenters. The van der Waals surface area contributed by atoms with E-state index in [0.717, 1.165) is 10.5 Å². The Kier molecular flexibility index (Phi) is 10.3. The summed E-state index contributed by atoms with van der Waals surface area (Å²) in [5.74, 6) is -1.55. The van der Waals surface area contributed by atoms with Gasteiger partial charge in [0.05, 0.1) is 45.4 Å². The number of imide groups is 2. The molecule has 2 heterocycles. The zero-order chi connectivity index (χ0) is 33.5. The molecule has 0 saturated carbocycles. The van der Waals surface area contributed by atoms with Gasteiger partial charge < -0.3 is 35.1 Å². The van der Waals surface area contributed by atoms with Crippen molar-refractivity contribution in [2.75, 3.05) is 26.2 Å². The molecule has 1 fully saturated rings. The second-order valence-electron chi connectivity index (χ2n) is 10.2. The van der Waals surface area contributed by atoms with Gasteiger partial charge in [-0.1, -0.05) is 30.3 Å². The number of carbonyl (C=O) groups excluding carboxylic acids is 3. The van der Waals surface area contributed by atoms with Crippen LogP contribution in [0.2, 0.25) is 0 Å². The van der Waals surface area contributed by atoms with Crippen molar-refractivity contribution in [1.29, 1.82) is 0 Å². The number of nitrogens with zero attached hydrogens (tertiary/aromatic N) is 3. The number of ether oxygens (including phenoxy) is 3. The first-order valence-electron chi connectivity index (χ1n) is 14.0. The van der Waals surface area contributed by atoms with Crippen LogP contribution in [0.25, 0.3) is 0 Å². The van der Waals surface area contributed by atoms with Crippen molar-refractivity contribution < 1.29 is 48.4 Å². The Labute approximate surface area is 263 Å². The van der Waals surface area contributed by atoms with Crippen LogP contribution in [0.1, 0.15) is 29.7 Å². The summed E-state index contributed by atoms with van der Waals surface area (Å²) in [5, 5.41) is 24.1. The molecular formula is C31H33N5O10. The number of hydrogen-bond donors (Lipinski definition) is 4. The summed E-state index contributed by atoms with van der Waals surface area (Å²) in [6, 6.07) is 12.4. The molecule has 1 aromatic heterocycles. The van der Waals surface area contributed by atoms with E-state index in [4.69, 9.17) is 14.2 Å². The minimum atomic E-state index is -1.77. The summed E-state index contributed by atoms with van der Waals surface area (Å²) in [7, 11) is 4.37. The van der Waals surface area contributed by atoms with Gasteiger partial charge in [-0.05, 0) is 36.6 Å². The smallest absolute Gasteiger partial charge is 0.422 e. The van der Waals surface area contributed by atoms with E-state index in [0.29, 0.717) is 28.4 Å². The van der Waals surface area contributed by atoms with Crippen LogP contribution in [-0.4, -0.2) is 77.5 Å². The molecule has 4 rings (SSSR count). The first kappa shape index (κ1) is 33.0. The molecule has 46 heavy (non-hydrogen) atoms. The Hall–Kier alpha value is -5.86. The van der Waals surface area contributed by atoms with Gasteiger partial charge in [-0.15, -0.1) is 0 Å². The van der Waals surface area contributed by atoms with E-state index >= 15 is 0 Å². The minimum Gasteiger partial charge on any atom is -0.496 e. The predicted octanol–water partition coefficient (Wildman–Crippen LogP) is 3.43. The SMILES string of the molecule is COc1cc(OC)c(CNC(=O)[C@@H]2[C@@H](Cc3ccnc(N(C(=O)O)C(=O)O)c3)C(=O)N2C(=O)NC(C)c2ccccc2)c(OC)c1. The molecule has 2 aromatic carbocycles. The van der Waals surface area contributed by atoms with Crippen molar-refractivity contribution >= 4 is 35.8 Å². The average molecular weight is 636 g/mol. The molecule has 15 nitrogen and oxygen atoms in total. The van der Waals surface area contributed by atoms with E-state index in [1.807, 2.05) is 18.2 Å². The molecule has 15 heteroatoms. The van der Waals surface area contributed by atoms with Crippen LogP contribution >= 0.6 is 0 Å². The number of carboxylic acid groups (broad SMARTS) is 2. The fraction of sp³-hybridized carbons (Fsp3) is 0.290. The number of carbonyl (C=O) groups is 5.